The highest BCUT2D eigenvalue weighted by Crippen LogP contribution is 2.27. The Morgan fingerprint density at radius 1 is 1.15 bits per heavy atom. The van der Waals surface area contributed by atoms with Gasteiger partial charge in [-0.15, -0.1) is 0 Å². The lowest BCUT2D eigenvalue weighted by Gasteiger charge is -2.05. The fraction of sp³-hybridized carbons (Fsp3) is 0.150. The molecule has 0 aliphatic carbocycles. The molecule has 7 heteroatoms. The number of benzene rings is 2. The quantitative estimate of drug-likeness (QED) is 0.677. The third-order valence-corrected chi connectivity index (χ3v) is 3.92. The molecule has 1 amide bonds. The first kappa shape index (κ1) is 18.2. The molecule has 0 saturated carbocycles. The summed E-state index contributed by atoms with van der Waals surface area (Å²) in [6.07, 6.45) is 1.57. The summed E-state index contributed by atoms with van der Waals surface area (Å²) in [6, 6.07) is 14.9. The SMILES string of the molecule is COc1cccc(-c2nn(-c3ccc(C)cc3)cc2C(=O)OCC(N)=O)c1. The highest BCUT2D eigenvalue weighted by Gasteiger charge is 2.21. The van der Waals surface area contributed by atoms with Crippen molar-refractivity contribution in [3.8, 4) is 22.7 Å². The number of primary amides is 1. The lowest BCUT2D eigenvalue weighted by atomic mass is 10.1. The van der Waals surface area contributed by atoms with Crippen molar-refractivity contribution >= 4 is 11.9 Å². The minimum absolute atomic E-state index is 0.227. The van der Waals surface area contributed by atoms with E-state index in [9.17, 15) is 9.59 Å². The number of aromatic nitrogens is 2. The van der Waals surface area contributed by atoms with Gasteiger partial charge < -0.3 is 15.2 Å². The fourth-order valence-electron chi connectivity index (χ4n) is 2.55. The van der Waals surface area contributed by atoms with E-state index in [4.69, 9.17) is 15.2 Å². The van der Waals surface area contributed by atoms with E-state index in [0.717, 1.165) is 11.3 Å². The van der Waals surface area contributed by atoms with Crippen LogP contribution in [0.15, 0.2) is 54.7 Å². The standard InChI is InChI=1S/C20H19N3O4/c1-13-6-8-15(9-7-13)23-11-17(20(25)27-12-18(21)24)19(22-23)14-4-3-5-16(10-14)26-2/h3-11H,12H2,1-2H3,(H2,21,24). The zero-order valence-electron chi connectivity index (χ0n) is 15.0. The van der Waals surface area contributed by atoms with Crippen molar-refractivity contribution in [3.05, 3.63) is 65.9 Å². The van der Waals surface area contributed by atoms with E-state index in [1.54, 1.807) is 36.2 Å². The number of esters is 1. The molecule has 0 saturated heterocycles. The number of carbonyl (C=O) groups excluding carboxylic acids is 2. The maximum Gasteiger partial charge on any atom is 0.342 e. The Kier molecular flexibility index (Phi) is 5.21. The first-order valence-corrected chi connectivity index (χ1v) is 8.24. The number of hydrogen-bond acceptors (Lipinski definition) is 5. The summed E-state index contributed by atoms with van der Waals surface area (Å²) < 4.78 is 11.8. The molecule has 138 valence electrons. The Labute approximate surface area is 156 Å². The molecule has 7 nitrogen and oxygen atoms in total. The molecule has 1 aromatic heterocycles. The summed E-state index contributed by atoms with van der Waals surface area (Å²) in [5.74, 6) is -0.768. The molecule has 2 aromatic carbocycles. The van der Waals surface area contributed by atoms with Gasteiger partial charge in [0.05, 0.1) is 12.8 Å². The van der Waals surface area contributed by atoms with Crippen LogP contribution in [0.4, 0.5) is 0 Å². The molecule has 3 rings (SSSR count). The number of methoxy groups -OCH3 is 1. The minimum Gasteiger partial charge on any atom is -0.497 e. The maximum absolute atomic E-state index is 12.5. The maximum atomic E-state index is 12.5. The van der Waals surface area contributed by atoms with Gasteiger partial charge in [-0.05, 0) is 31.2 Å². The third-order valence-electron chi connectivity index (χ3n) is 3.92. The first-order chi connectivity index (χ1) is 13.0. The van der Waals surface area contributed by atoms with Crippen molar-refractivity contribution in [3.63, 3.8) is 0 Å². The van der Waals surface area contributed by atoms with Crippen molar-refractivity contribution in [1.82, 2.24) is 9.78 Å². The number of nitrogens with zero attached hydrogens (tertiary/aromatic N) is 2. The molecule has 3 aromatic rings. The molecule has 0 unspecified atom stereocenters. The van der Waals surface area contributed by atoms with Gasteiger partial charge in [0.25, 0.3) is 5.91 Å². The summed E-state index contributed by atoms with van der Waals surface area (Å²) in [6.45, 7) is 1.49. The van der Waals surface area contributed by atoms with Crippen LogP contribution in [0, 0.1) is 6.92 Å². The zero-order chi connectivity index (χ0) is 19.4. The Hall–Kier alpha value is -3.61. The number of rotatable bonds is 6. The average Bonchev–Trinajstić information content (AvgIpc) is 3.12. The van der Waals surface area contributed by atoms with Gasteiger partial charge in [0.1, 0.15) is 17.0 Å². The van der Waals surface area contributed by atoms with Crippen LogP contribution in [0.25, 0.3) is 16.9 Å². The Bertz CT molecular complexity index is 977. The largest absolute Gasteiger partial charge is 0.497 e. The summed E-state index contributed by atoms with van der Waals surface area (Å²) in [4.78, 5) is 23.4. The molecule has 27 heavy (non-hydrogen) atoms. The Balaban J connectivity index is 2.06. The molecule has 0 aliphatic heterocycles. The number of nitrogens with two attached hydrogens (primary N) is 1. The van der Waals surface area contributed by atoms with Crippen LogP contribution >= 0.6 is 0 Å². The lowest BCUT2D eigenvalue weighted by molar-refractivity contribution is -0.121. The predicted molar refractivity (Wildman–Crippen MR) is 99.8 cm³/mol. The molecular weight excluding hydrogens is 346 g/mol. The average molecular weight is 365 g/mol. The van der Waals surface area contributed by atoms with E-state index >= 15 is 0 Å². The second kappa shape index (κ2) is 7.74. The summed E-state index contributed by atoms with van der Waals surface area (Å²) in [7, 11) is 1.56. The normalized spacial score (nSPS) is 10.4. The van der Waals surface area contributed by atoms with Crippen LogP contribution in [0.5, 0.6) is 5.75 Å². The molecule has 1 heterocycles. The van der Waals surface area contributed by atoms with Gasteiger partial charge in [-0.25, -0.2) is 9.48 Å². The van der Waals surface area contributed by atoms with E-state index in [1.165, 1.54) is 0 Å². The molecular formula is C20H19N3O4. The predicted octanol–water partition coefficient (Wildman–Crippen LogP) is 2.50. The first-order valence-electron chi connectivity index (χ1n) is 8.24. The summed E-state index contributed by atoms with van der Waals surface area (Å²) >= 11 is 0. The van der Waals surface area contributed by atoms with Crippen LogP contribution in [0.2, 0.25) is 0 Å². The van der Waals surface area contributed by atoms with E-state index in [2.05, 4.69) is 5.10 Å². The van der Waals surface area contributed by atoms with Crippen molar-refractivity contribution in [2.45, 2.75) is 6.92 Å². The second-order valence-corrected chi connectivity index (χ2v) is 5.95. The van der Waals surface area contributed by atoms with E-state index in [1.807, 2.05) is 37.3 Å². The summed E-state index contributed by atoms with van der Waals surface area (Å²) in [5.41, 5.74) is 8.30. The van der Waals surface area contributed by atoms with Gasteiger partial charge in [0, 0.05) is 11.8 Å². The zero-order valence-corrected chi connectivity index (χ0v) is 15.0. The molecule has 0 bridgehead atoms. The van der Waals surface area contributed by atoms with Crippen LogP contribution in [0.3, 0.4) is 0 Å². The number of aryl methyl sites for hydroxylation is 1. The van der Waals surface area contributed by atoms with Crippen LogP contribution in [-0.2, 0) is 9.53 Å². The molecule has 0 radical (unpaired) electrons. The van der Waals surface area contributed by atoms with Gasteiger partial charge in [0.2, 0.25) is 0 Å². The fourth-order valence-corrected chi connectivity index (χ4v) is 2.55. The Morgan fingerprint density at radius 3 is 2.56 bits per heavy atom. The van der Waals surface area contributed by atoms with Gasteiger partial charge in [-0.1, -0.05) is 29.8 Å². The van der Waals surface area contributed by atoms with Crippen LogP contribution in [-0.4, -0.2) is 35.4 Å². The van der Waals surface area contributed by atoms with Crippen molar-refractivity contribution in [2.75, 3.05) is 13.7 Å². The van der Waals surface area contributed by atoms with Crippen molar-refractivity contribution in [1.29, 1.82) is 0 Å². The van der Waals surface area contributed by atoms with E-state index < -0.39 is 18.5 Å². The van der Waals surface area contributed by atoms with Gasteiger partial charge in [-0.2, -0.15) is 5.10 Å². The number of carbonyl (C=O) groups is 2. The highest BCUT2D eigenvalue weighted by molar-refractivity contribution is 5.97. The number of amides is 1. The lowest BCUT2D eigenvalue weighted by Crippen LogP contribution is -2.21. The van der Waals surface area contributed by atoms with Crippen LogP contribution < -0.4 is 10.5 Å². The molecule has 0 atom stereocenters. The number of ether oxygens (including phenoxy) is 2. The van der Waals surface area contributed by atoms with E-state index in [0.29, 0.717) is 17.0 Å². The molecule has 2 N–H and O–H groups in total. The van der Waals surface area contributed by atoms with Gasteiger partial charge in [-0.3, -0.25) is 4.79 Å². The highest BCUT2D eigenvalue weighted by atomic mass is 16.5. The molecule has 0 spiro atoms. The molecule has 0 fully saturated rings. The van der Waals surface area contributed by atoms with E-state index in [-0.39, 0.29) is 5.56 Å². The Morgan fingerprint density at radius 2 is 1.89 bits per heavy atom. The molecule has 0 aliphatic rings. The minimum atomic E-state index is -0.725. The van der Waals surface area contributed by atoms with Gasteiger partial charge in [0.15, 0.2) is 6.61 Å². The summed E-state index contributed by atoms with van der Waals surface area (Å²) in [5, 5.41) is 4.55. The second-order valence-electron chi connectivity index (χ2n) is 5.95. The van der Waals surface area contributed by atoms with Gasteiger partial charge >= 0.3 is 5.97 Å². The number of hydrogen-bond donors (Lipinski definition) is 1. The smallest absolute Gasteiger partial charge is 0.342 e. The third kappa shape index (κ3) is 4.14. The van der Waals surface area contributed by atoms with Crippen molar-refractivity contribution < 1.29 is 19.1 Å². The topological polar surface area (TPSA) is 96.4 Å². The van der Waals surface area contributed by atoms with Crippen molar-refractivity contribution in [2.24, 2.45) is 5.73 Å². The van der Waals surface area contributed by atoms with Crippen LogP contribution in [0.1, 0.15) is 15.9 Å². The monoisotopic (exact) mass is 365 g/mol.